The number of pyridine rings is 3. The molecule has 30 heteroatoms. The van der Waals surface area contributed by atoms with E-state index >= 15 is 0 Å². The predicted octanol–water partition coefficient (Wildman–Crippen LogP) is 8.76. The molecular formula is C57H63B2Br3N9NaO14S+. The normalized spacial score (nSPS) is 10.9. The molecule has 0 atom stereocenters. The van der Waals surface area contributed by atoms with Gasteiger partial charge in [0.1, 0.15) is 7.05 Å². The molecule has 453 valence electrons. The van der Waals surface area contributed by atoms with E-state index in [1.807, 2.05) is 82.0 Å². The van der Waals surface area contributed by atoms with E-state index in [0.717, 1.165) is 74.2 Å². The van der Waals surface area contributed by atoms with E-state index in [9.17, 15) is 40.5 Å². The van der Waals surface area contributed by atoms with Gasteiger partial charge in [0.2, 0.25) is 0 Å². The number of nitrogens with zero attached hydrogens (tertiary/aromatic N) is 8. The number of halogens is 3. The molecule has 9 rings (SSSR count). The van der Waals surface area contributed by atoms with Gasteiger partial charge < -0.3 is 22.1 Å². The Labute approximate surface area is 554 Å². The van der Waals surface area contributed by atoms with Crippen LogP contribution < -0.4 is 45.3 Å². The number of aromatic nitrogens is 3. The summed E-state index contributed by atoms with van der Waals surface area (Å²) < 4.78 is 34.3. The van der Waals surface area contributed by atoms with Gasteiger partial charge in [-0.05, 0) is 146 Å². The zero-order valence-corrected chi connectivity index (χ0v) is 56.2. The minimum absolute atomic E-state index is 0. The molecule has 1 aliphatic rings. The molecule has 5 aromatic carbocycles. The van der Waals surface area contributed by atoms with Crippen LogP contribution in [0.1, 0.15) is 41.2 Å². The molecule has 1 aliphatic heterocycles. The molecule has 87 heavy (non-hydrogen) atoms. The van der Waals surface area contributed by atoms with Crippen LogP contribution in [-0.4, -0.2) is 97.8 Å². The Bertz CT molecular complexity index is 3610. The first-order valence-corrected chi connectivity index (χ1v) is 30.8. The van der Waals surface area contributed by atoms with Crippen LogP contribution in [-0.2, 0) is 17.4 Å². The molecule has 0 bridgehead atoms. The average molecular weight is 1410 g/mol. The van der Waals surface area contributed by atoms with Crippen molar-refractivity contribution in [2.75, 3.05) is 25.9 Å². The molecule has 0 spiro atoms. The van der Waals surface area contributed by atoms with Gasteiger partial charge in [-0.15, -0.1) is 0 Å². The molecule has 0 saturated carbocycles. The van der Waals surface area contributed by atoms with Gasteiger partial charge >= 0.3 is 47.1 Å². The van der Waals surface area contributed by atoms with Crippen molar-refractivity contribution in [1.29, 1.82) is 0 Å². The van der Waals surface area contributed by atoms with Crippen molar-refractivity contribution in [2.24, 2.45) is 7.05 Å². The SMILES string of the molecule is BrBr.Cc1ccc(N)cc1C1=CCN(C)CC1.Cc1ccc([N+](=O)[O-])cc1.Cc1ccc([N+](=O)[O-])cc1-c1cc[n+](C)cc1.Cc1ccc([N+](=O)[O-])cc1-c1ccncc1.Cc1ccc([N+](=O)[O-])cc1Br.O=S(=O)(O)O.OB(O)c1ccncc1.[B].[H-].[Na+]. The number of aryl methyl sites for hydroxylation is 6. The zero-order chi connectivity index (χ0) is 64.0. The van der Waals surface area contributed by atoms with E-state index in [1.54, 1.807) is 67.0 Å². The smallest absolute Gasteiger partial charge is 1.00 e. The number of nitrogens with two attached hydrogens (primary N) is 1. The number of rotatable bonds is 8. The number of nitrogen functional groups attached to an aromatic ring is 1. The Kier molecular flexibility index (Phi) is 37.9. The van der Waals surface area contributed by atoms with Crippen LogP contribution in [0.3, 0.4) is 0 Å². The summed E-state index contributed by atoms with van der Waals surface area (Å²) in [4.78, 5) is 50.2. The summed E-state index contributed by atoms with van der Waals surface area (Å²) in [7, 11) is -1.96. The number of likely N-dealkylation sites (N-methyl/N-ethyl adjacent to an activating group) is 1. The van der Waals surface area contributed by atoms with Gasteiger partial charge in [0.25, 0.3) is 22.7 Å². The van der Waals surface area contributed by atoms with Gasteiger partial charge in [0.05, 0.1) is 19.7 Å². The molecule has 3 radical (unpaired) electrons. The Hall–Kier alpha value is -6.99. The summed E-state index contributed by atoms with van der Waals surface area (Å²) in [5, 5.41) is 58.9. The fourth-order valence-corrected chi connectivity index (χ4v) is 7.55. The number of hydrogen-bond acceptors (Lipinski definition) is 16. The Morgan fingerprint density at radius 1 is 0.598 bits per heavy atom. The van der Waals surface area contributed by atoms with E-state index < -0.39 is 27.4 Å². The van der Waals surface area contributed by atoms with Crippen molar-refractivity contribution in [2.45, 2.75) is 41.0 Å². The first-order valence-electron chi connectivity index (χ1n) is 24.9. The minimum atomic E-state index is -4.67. The monoisotopic (exact) mass is 1410 g/mol. The number of non-ortho nitro benzene ring substituents is 4. The van der Waals surface area contributed by atoms with E-state index in [-0.39, 0.29) is 72.0 Å². The summed E-state index contributed by atoms with van der Waals surface area (Å²) in [6.45, 7) is 12.0. The van der Waals surface area contributed by atoms with Crippen LogP contribution in [0.15, 0.2) is 181 Å². The van der Waals surface area contributed by atoms with Crippen molar-refractivity contribution in [1.82, 2.24) is 14.9 Å². The first kappa shape index (κ1) is 80.0. The summed E-state index contributed by atoms with van der Waals surface area (Å²) in [5.74, 6) is 0. The van der Waals surface area contributed by atoms with Gasteiger partial charge in [-0.25, -0.2) is 4.57 Å². The Balaban J connectivity index is 0. The maximum atomic E-state index is 10.8. The number of benzene rings is 5. The Morgan fingerprint density at radius 2 is 0.977 bits per heavy atom. The largest absolute Gasteiger partial charge is 1.00 e. The molecule has 8 aromatic rings. The standard InChI is InChI=1S/C13H13N2O2.C13H18N2.C12H10N2O2.C7H6BrNO2.C7H7NO2.C5H6BNO2.B.Br2.Na.H2O4S.H/c1-10-3-4-12(15(16)17)9-13(10)11-5-7-14(2)8-6-11;1-10-3-4-12(14)9-13(10)11-5-7-15(2)8-6-11;1-9-2-3-11(14(15)16)8-12(9)10-4-6-13-7-5-10;1-5-2-3-6(9(10)11)4-7(5)8;1-6-2-4-7(5-3-6)8(9)10;8-6(9)5-1-3-7-4-2-5;;1-2;;1-5(2,3)4;/h3-9H,1-2H3;3-5,9H,6-8,14H2,1-2H3;2-8H,1H3;2-4H,1H3;2-5H,1H3;1-4,8-9H;;;;(H2,1,2,3,4);/q+1;;;;;;;;+1;;-1. The van der Waals surface area contributed by atoms with Gasteiger partial charge in [-0.2, -0.15) is 8.42 Å². The van der Waals surface area contributed by atoms with Crippen LogP contribution >= 0.6 is 44.2 Å². The van der Waals surface area contributed by atoms with Crippen molar-refractivity contribution < 1.29 is 82.8 Å². The maximum Gasteiger partial charge on any atom is 1.00 e. The molecular weight excluding hydrogens is 1350 g/mol. The molecule has 0 fully saturated rings. The van der Waals surface area contributed by atoms with Gasteiger partial charge in [0, 0.05) is 145 Å². The Morgan fingerprint density at radius 3 is 1.37 bits per heavy atom. The molecule has 0 amide bonds. The molecule has 0 aliphatic carbocycles. The summed E-state index contributed by atoms with van der Waals surface area (Å²) in [6.07, 6.45) is 13.7. The molecule has 3 aromatic heterocycles. The first-order chi connectivity index (χ1) is 40.0. The fourth-order valence-electron chi connectivity index (χ4n) is 7.18. The minimum Gasteiger partial charge on any atom is -1.00 e. The van der Waals surface area contributed by atoms with Crippen molar-refractivity contribution >= 4 is 110 Å². The van der Waals surface area contributed by atoms with E-state index in [2.05, 4.69) is 91.2 Å². The molecule has 23 nitrogen and oxygen atoms in total. The van der Waals surface area contributed by atoms with Crippen LogP contribution in [0.4, 0.5) is 28.4 Å². The number of nitro groups is 4. The third-order valence-electron chi connectivity index (χ3n) is 11.8. The summed E-state index contributed by atoms with van der Waals surface area (Å²) in [6, 6.07) is 37.7. The summed E-state index contributed by atoms with van der Waals surface area (Å²) in [5.41, 5.74) is 19.5. The van der Waals surface area contributed by atoms with Crippen LogP contribution in [0.2, 0.25) is 0 Å². The number of nitro benzene ring substituents is 4. The second kappa shape index (κ2) is 41.2. The van der Waals surface area contributed by atoms with Gasteiger partial charge in [-0.1, -0.05) is 64.0 Å². The fraction of sp³-hybridized carbons (Fsp3) is 0.175. The molecule has 0 saturated heterocycles. The average Bonchev–Trinajstić information content (AvgIpc) is 3.19. The van der Waals surface area contributed by atoms with E-state index in [4.69, 9.17) is 33.3 Å². The summed E-state index contributed by atoms with van der Waals surface area (Å²) >= 11 is 8.71. The van der Waals surface area contributed by atoms with E-state index in [1.165, 1.54) is 65.5 Å². The van der Waals surface area contributed by atoms with Crippen molar-refractivity contribution in [3.8, 4) is 22.3 Å². The second-order valence-corrected chi connectivity index (χ2v) is 20.0. The third-order valence-corrected chi connectivity index (χ3v) is 12.6. The van der Waals surface area contributed by atoms with E-state index in [0.29, 0.717) is 5.46 Å². The number of hydrogen-bond donors (Lipinski definition) is 5. The maximum absolute atomic E-state index is 10.8. The number of anilines is 1. The zero-order valence-electron chi connectivity index (χ0n) is 49.6. The quantitative estimate of drug-likeness (QED) is 0.0237. The topological polar surface area (TPSA) is 347 Å². The second-order valence-electron chi connectivity index (χ2n) is 18.2. The molecule has 4 heterocycles. The van der Waals surface area contributed by atoms with Crippen LogP contribution in [0, 0.1) is 75.1 Å². The van der Waals surface area contributed by atoms with Crippen LogP contribution in [0.5, 0.6) is 0 Å². The third kappa shape index (κ3) is 31.0. The molecule has 6 N–H and O–H groups in total. The van der Waals surface area contributed by atoms with Gasteiger partial charge in [0.15, 0.2) is 12.4 Å². The van der Waals surface area contributed by atoms with Crippen molar-refractivity contribution in [3.05, 3.63) is 255 Å². The predicted molar refractivity (Wildman–Crippen MR) is 348 cm³/mol. The van der Waals surface area contributed by atoms with Gasteiger partial charge in [-0.3, -0.25) is 59.5 Å². The van der Waals surface area contributed by atoms with Crippen molar-refractivity contribution in [3.63, 3.8) is 0 Å². The van der Waals surface area contributed by atoms with Crippen LogP contribution in [0.25, 0.3) is 27.8 Å². The molecule has 0 unspecified atom stereocenters.